The second-order valence-electron chi connectivity index (χ2n) is 5.87. The van der Waals surface area contributed by atoms with Gasteiger partial charge in [-0.3, -0.25) is 0 Å². The maximum Gasteiger partial charge on any atom is 0.191 e. The molecule has 27 heavy (non-hydrogen) atoms. The molecular formula is C18H25F2IN4OS. The Morgan fingerprint density at radius 2 is 2.07 bits per heavy atom. The molecule has 2 aromatic rings. The highest BCUT2D eigenvalue weighted by atomic mass is 127. The molecule has 0 saturated heterocycles. The van der Waals surface area contributed by atoms with E-state index in [1.165, 1.54) is 6.07 Å². The zero-order valence-electron chi connectivity index (χ0n) is 15.6. The number of rotatable bonds is 8. The maximum absolute atomic E-state index is 13.5. The lowest BCUT2D eigenvalue weighted by atomic mass is 10.2. The molecule has 1 heterocycles. The number of aromatic nitrogens is 1. The first-order valence-corrected chi connectivity index (χ1v) is 9.42. The second kappa shape index (κ2) is 12.1. The number of nitrogens with zero attached hydrogens (tertiary/aromatic N) is 2. The largest absolute Gasteiger partial charge is 0.489 e. The number of nitrogens with one attached hydrogen (secondary N) is 2. The second-order valence-corrected chi connectivity index (χ2v) is 6.81. The van der Waals surface area contributed by atoms with Crippen molar-refractivity contribution in [1.82, 2.24) is 15.6 Å². The van der Waals surface area contributed by atoms with Crippen molar-refractivity contribution in [3.05, 3.63) is 45.9 Å². The van der Waals surface area contributed by atoms with Gasteiger partial charge in [0.25, 0.3) is 0 Å². The van der Waals surface area contributed by atoms with Gasteiger partial charge in [-0.05, 0) is 25.0 Å². The molecular weight excluding hydrogens is 485 g/mol. The molecule has 0 bridgehead atoms. The molecule has 0 spiro atoms. The van der Waals surface area contributed by atoms with E-state index in [9.17, 15) is 8.78 Å². The molecule has 1 aromatic carbocycles. The van der Waals surface area contributed by atoms with Gasteiger partial charge in [-0.2, -0.15) is 0 Å². The highest BCUT2D eigenvalue weighted by molar-refractivity contribution is 14.0. The quantitative estimate of drug-likeness (QED) is 0.241. The molecule has 0 unspecified atom stereocenters. The van der Waals surface area contributed by atoms with Crippen LogP contribution in [0.4, 0.5) is 8.78 Å². The molecule has 0 aliphatic carbocycles. The number of hydrogen-bond acceptors (Lipinski definition) is 4. The average molecular weight is 510 g/mol. The summed E-state index contributed by atoms with van der Waals surface area (Å²) in [7, 11) is 0. The molecule has 0 radical (unpaired) electrons. The minimum Gasteiger partial charge on any atom is -0.489 e. The SMILES string of the molecule is CCNC(=NCc1nc(C(C)C)cs1)NCCOc1ccc(F)cc1F.I. The first-order chi connectivity index (χ1) is 12.5. The fourth-order valence-corrected chi connectivity index (χ4v) is 2.95. The van der Waals surface area contributed by atoms with E-state index in [1.54, 1.807) is 11.3 Å². The van der Waals surface area contributed by atoms with Gasteiger partial charge in [0.15, 0.2) is 17.5 Å². The van der Waals surface area contributed by atoms with Gasteiger partial charge in [-0.15, -0.1) is 35.3 Å². The van der Waals surface area contributed by atoms with Gasteiger partial charge in [0.2, 0.25) is 0 Å². The Morgan fingerprint density at radius 1 is 1.30 bits per heavy atom. The minimum absolute atomic E-state index is 0. The van der Waals surface area contributed by atoms with Crippen molar-refractivity contribution in [3.63, 3.8) is 0 Å². The van der Waals surface area contributed by atoms with Crippen LogP contribution in [0.2, 0.25) is 0 Å². The molecule has 0 fully saturated rings. The zero-order valence-corrected chi connectivity index (χ0v) is 18.7. The van der Waals surface area contributed by atoms with Gasteiger partial charge >= 0.3 is 0 Å². The number of benzene rings is 1. The Bertz CT molecular complexity index is 740. The summed E-state index contributed by atoms with van der Waals surface area (Å²) in [4.78, 5) is 9.05. The number of halogens is 3. The molecule has 0 aliphatic heterocycles. The summed E-state index contributed by atoms with van der Waals surface area (Å²) in [6.45, 7) is 8.05. The van der Waals surface area contributed by atoms with Crippen LogP contribution in [0, 0.1) is 11.6 Å². The molecule has 5 nitrogen and oxygen atoms in total. The summed E-state index contributed by atoms with van der Waals surface area (Å²) in [5.41, 5.74) is 1.08. The van der Waals surface area contributed by atoms with Crippen molar-refractivity contribution >= 4 is 41.3 Å². The molecule has 0 amide bonds. The first kappa shape index (κ1) is 23.5. The van der Waals surface area contributed by atoms with Crippen LogP contribution in [0.3, 0.4) is 0 Å². The first-order valence-electron chi connectivity index (χ1n) is 8.54. The Balaban J connectivity index is 0.00000364. The number of guanidine groups is 1. The lowest BCUT2D eigenvalue weighted by Gasteiger charge is -2.12. The molecule has 9 heteroatoms. The van der Waals surface area contributed by atoms with Crippen LogP contribution >= 0.6 is 35.3 Å². The van der Waals surface area contributed by atoms with Crippen LogP contribution in [0.25, 0.3) is 0 Å². The van der Waals surface area contributed by atoms with E-state index in [0.717, 1.165) is 22.8 Å². The van der Waals surface area contributed by atoms with Crippen molar-refractivity contribution < 1.29 is 13.5 Å². The van der Waals surface area contributed by atoms with Crippen LogP contribution in [-0.2, 0) is 6.54 Å². The number of aliphatic imine (C=N–C) groups is 1. The molecule has 2 N–H and O–H groups in total. The highest BCUT2D eigenvalue weighted by Crippen LogP contribution is 2.18. The topological polar surface area (TPSA) is 58.5 Å². The summed E-state index contributed by atoms with van der Waals surface area (Å²) in [6.07, 6.45) is 0. The van der Waals surface area contributed by atoms with Crippen LogP contribution in [0.15, 0.2) is 28.6 Å². The van der Waals surface area contributed by atoms with Gasteiger partial charge in [0.05, 0.1) is 18.8 Å². The van der Waals surface area contributed by atoms with E-state index in [1.807, 2.05) is 6.92 Å². The summed E-state index contributed by atoms with van der Waals surface area (Å²) in [5.74, 6) is -0.275. The van der Waals surface area contributed by atoms with E-state index in [2.05, 4.69) is 39.8 Å². The van der Waals surface area contributed by atoms with Gasteiger partial charge in [0.1, 0.15) is 17.4 Å². The predicted octanol–water partition coefficient (Wildman–Crippen LogP) is 4.30. The zero-order chi connectivity index (χ0) is 18.9. The predicted molar refractivity (Wildman–Crippen MR) is 116 cm³/mol. The van der Waals surface area contributed by atoms with Crippen LogP contribution in [-0.4, -0.2) is 30.6 Å². The molecule has 150 valence electrons. The maximum atomic E-state index is 13.5. The molecule has 0 aliphatic rings. The number of hydrogen-bond donors (Lipinski definition) is 2. The van der Waals surface area contributed by atoms with Crippen molar-refractivity contribution in [1.29, 1.82) is 0 Å². The van der Waals surface area contributed by atoms with Crippen molar-refractivity contribution in [2.45, 2.75) is 33.2 Å². The van der Waals surface area contributed by atoms with Crippen molar-refractivity contribution in [3.8, 4) is 5.75 Å². The number of ether oxygens (including phenoxy) is 1. The fourth-order valence-electron chi connectivity index (χ4n) is 2.07. The molecule has 1 aromatic heterocycles. The minimum atomic E-state index is -0.713. The third kappa shape index (κ3) is 7.96. The Labute approximate surface area is 179 Å². The summed E-state index contributed by atoms with van der Waals surface area (Å²) >= 11 is 1.60. The summed E-state index contributed by atoms with van der Waals surface area (Å²) in [6, 6.07) is 3.24. The highest BCUT2D eigenvalue weighted by Gasteiger charge is 2.07. The van der Waals surface area contributed by atoms with Crippen LogP contribution < -0.4 is 15.4 Å². The lowest BCUT2D eigenvalue weighted by molar-refractivity contribution is 0.304. The summed E-state index contributed by atoms with van der Waals surface area (Å²) in [5, 5.41) is 9.26. The van der Waals surface area contributed by atoms with Gasteiger partial charge in [-0.25, -0.2) is 18.8 Å². The van der Waals surface area contributed by atoms with Crippen molar-refractivity contribution in [2.75, 3.05) is 19.7 Å². The lowest BCUT2D eigenvalue weighted by Crippen LogP contribution is -2.39. The van der Waals surface area contributed by atoms with E-state index in [0.29, 0.717) is 31.5 Å². The smallest absolute Gasteiger partial charge is 0.191 e. The van der Waals surface area contributed by atoms with E-state index >= 15 is 0 Å². The Hall–Kier alpha value is -1.49. The normalized spacial score (nSPS) is 11.3. The third-order valence-electron chi connectivity index (χ3n) is 3.42. The monoisotopic (exact) mass is 510 g/mol. The standard InChI is InChI=1S/C18H24F2N4OS.HI/c1-4-21-18(23-10-17-24-15(11-26-17)12(2)3)22-7-8-25-16-6-5-13(19)9-14(16)20;/h5-6,9,11-12H,4,7-8,10H2,1-3H3,(H2,21,22,23);1H. The molecule has 0 saturated carbocycles. The molecule has 2 rings (SSSR count). The summed E-state index contributed by atoms with van der Waals surface area (Å²) < 4.78 is 31.7. The van der Waals surface area contributed by atoms with Crippen LogP contribution in [0.5, 0.6) is 5.75 Å². The van der Waals surface area contributed by atoms with Gasteiger partial charge < -0.3 is 15.4 Å². The van der Waals surface area contributed by atoms with Gasteiger partial charge in [-0.1, -0.05) is 13.8 Å². The van der Waals surface area contributed by atoms with Crippen LogP contribution in [0.1, 0.15) is 37.4 Å². The third-order valence-corrected chi connectivity index (χ3v) is 4.28. The molecule has 0 atom stereocenters. The van der Waals surface area contributed by atoms with E-state index < -0.39 is 11.6 Å². The fraction of sp³-hybridized carbons (Fsp3) is 0.444. The van der Waals surface area contributed by atoms with E-state index in [4.69, 9.17) is 4.74 Å². The Kier molecular flexibility index (Phi) is 10.5. The van der Waals surface area contributed by atoms with Gasteiger partial charge in [0, 0.05) is 18.0 Å². The van der Waals surface area contributed by atoms with E-state index in [-0.39, 0.29) is 36.3 Å². The average Bonchev–Trinajstić information content (AvgIpc) is 3.07. The Morgan fingerprint density at radius 3 is 2.70 bits per heavy atom. The van der Waals surface area contributed by atoms with Crippen molar-refractivity contribution in [2.24, 2.45) is 4.99 Å². The number of thiazole rings is 1.